The number of rotatable bonds is 10. The Kier molecular flexibility index (Phi) is 8.69. The number of fused-ring (bicyclic) bond motifs is 1. The summed E-state index contributed by atoms with van der Waals surface area (Å²) < 4.78 is 18.3. The van der Waals surface area contributed by atoms with E-state index in [0.717, 1.165) is 58.3 Å². The molecule has 1 aliphatic rings. The molecule has 0 bridgehead atoms. The van der Waals surface area contributed by atoms with Crippen LogP contribution < -0.4 is 19.7 Å². The third-order valence-electron chi connectivity index (χ3n) is 5.92. The van der Waals surface area contributed by atoms with Crippen LogP contribution in [0.2, 0.25) is 0 Å². The molecule has 0 atom stereocenters. The number of carbonyl (C=O) groups is 1. The number of anilines is 1. The van der Waals surface area contributed by atoms with Gasteiger partial charge in [-0.15, -0.1) is 0 Å². The van der Waals surface area contributed by atoms with Crippen LogP contribution in [-0.4, -0.2) is 48.9 Å². The van der Waals surface area contributed by atoms with E-state index in [-0.39, 0.29) is 18.2 Å². The first kappa shape index (κ1) is 26.2. The molecule has 1 aromatic heterocycles. The van der Waals surface area contributed by atoms with Crippen molar-refractivity contribution < 1.29 is 19.0 Å². The average Bonchev–Trinajstić information content (AvgIpc) is 3.25. The molecule has 2 heterocycles. The van der Waals surface area contributed by atoms with Gasteiger partial charge in [0.1, 0.15) is 11.5 Å². The highest BCUT2D eigenvalue weighted by Gasteiger charge is 2.25. The fourth-order valence-electron chi connectivity index (χ4n) is 4.45. The Balaban J connectivity index is 1.69. The molecule has 0 unspecified atom stereocenters. The quantitative estimate of drug-likeness (QED) is 0.345. The zero-order valence-corrected chi connectivity index (χ0v) is 22.7. The minimum Gasteiger partial charge on any atom is -0.491 e. The Morgan fingerprint density at radius 2 is 1.72 bits per heavy atom. The Hall–Kier alpha value is -2.84. The lowest BCUT2D eigenvalue weighted by Gasteiger charge is -2.34. The van der Waals surface area contributed by atoms with Gasteiger partial charge in [-0.05, 0) is 96.4 Å². The fourth-order valence-corrected chi connectivity index (χ4v) is 5.52. The normalized spacial score (nSPS) is 14.4. The standard InChI is InChI=1S/C28H37N3O4S/c1-6-33-27(32)21-7-8-25-26(15-21)36-28(30-25)31(22-9-11-29-12-10-22)17-20-13-23(34-18(2)3)16-24(14-20)35-19(4)5/h7-8,13-16,18-19,22,29H,6,9-12,17H2,1-5H3. The Bertz CT molecular complexity index is 1140. The lowest BCUT2D eigenvalue weighted by atomic mass is 10.0. The van der Waals surface area contributed by atoms with E-state index >= 15 is 0 Å². The van der Waals surface area contributed by atoms with Gasteiger partial charge in [0, 0.05) is 18.7 Å². The number of carbonyl (C=O) groups excluding carboxylic acids is 1. The van der Waals surface area contributed by atoms with E-state index in [1.54, 1.807) is 17.4 Å². The van der Waals surface area contributed by atoms with Crippen LogP contribution in [0.15, 0.2) is 36.4 Å². The lowest BCUT2D eigenvalue weighted by Crippen LogP contribution is -2.43. The molecule has 4 rings (SSSR count). The maximum atomic E-state index is 12.3. The first-order valence-electron chi connectivity index (χ1n) is 12.8. The van der Waals surface area contributed by atoms with Gasteiger partial charge in [-0.25, -0.2) is 9.78 Å². The summed E-state index contributed by atoms with van der Waals surface area (Å²) in [7, 11) is 0. The predicted molar refractivity (Wildman–Crippen MR) is 146 cm³/mol. The molecule has 3 aromatic rings. The summed E-state index contributed by atoms with van der Waals surface area (Å²) in [6.07, 6.45) is 2.24. The van der Waals surface area contributed by atoms with Gasteiger partial charge in [-0.2, -0.15) is 0 Å². The van der Waals surface area contributed by atoms with Crippen LogP contribution in [0.4, 0.5) is 5.13 Å². The smallest absolute Gasteiger partial charge is 0.338 e. The molecule has 0 amide bonds. The van der Waals surface area contributed by atoms with Gasteiger partial charge in [0.05, 0.1) is 34.6 Å². The van der Waals surface area contributed by atoms with Crippen molar-refractivity contribution in [1.82, 2.24) is 10.3 Å². The van der Waals surface area contributed by atoms with Gasteiger partial charge in [0.15, 0.2) is 5.13 Å². The second-order valence-corrected chi connectivity index (χ2v) is 10.7. The van der Waals surface area contributed by atoms with Gasteiger partial charge in [-0.1, -0.05) is 11.3 Å². The Morgan fingerprint density at radius 3 is 2.33 bits per heavy atom. The Morgan fingerprint density at radius 1 is 1.06 bits per heavy atom. The van der Waals surface area contributed by atoms with Gasteiger partial charge in [0.25, 0.3) is 0 Å². The number of hydrogen-bond acceptors (Lipinski definition) is 8. The van der Waals surface area contributed by atoms with Crippen molar-refractivity contribution in [3.05, 3.63) is 47.5 Å². The molecule has 0 spiro atoms. The summed E-state index contributed by atoms with van der Waals surface area (Å²) in [6, 6.07) is 12.1. The van der Waals surface area contributed by atoms with E-state index in [1.165, 1.54) is 0 Å². The number of ether oxygens (including phenoxy) is 3. The van der Waals surface area contributed by atoms with Crippen molar-refractivity contribution in [3.8, 4) is 11.5 Å². The molecule has 1 saturated heterocycles. The fraction of sp³-hybridized carbons (Fsp3) is 0.500. The summed E-state index contributed by atoms with van der Waals surface area (Å²) in [5, 5.41) is 4.43. The number of nitrogens with zero attached hydrogens (tertiary/aromatic N) is 2. The number of piperidine rings is 1. The maximum Gasteiger partial charge on any atom is 0.338 e. The molecule has 0 radical (unpaired) electrons. The summed E-state index contributed by atoms with van der Waals surface area (Å²) in [5.74, 6) is 1.32. The highest BCUT2D eigenvalue weighted by molar-refractivity contribution is 7.22. The van der Waals surface area contributed by atoms with Crippen LogP contribution in [0.1, 0.15) is 63.4 Å². The van der Waals surface area contributed by atoms with Crippen LogP contribution >= 0.6 is 11.3 Å². The van der Waals surface area contributed by atoms with E-state index in [4.69, 9.17) is 19.2 Å². The van der Waals surface area contributed by atoms with Crippen molar-refractivity contribution in [1.29, 1.82) is 0 Å². The lowest BCUT2D eigenvalue weighted by molar-refractivity contribution is 0.0526. The molecular weight excluding hydrogens is 474 g/mol. The highest BCUT2D eigenvalue weighted by Crippen LogP contribution is 2.35. The van der Waals surface area contributed by atoms with E-state index in [1.807, 2.05) is 52.8 Å². The molecule has 1 aliphatic heterocycles. The predicted octanol–water partition coefficient (Wildman–Crippen LogP) is 5.81. The Labute approximate surface area is 217 Å². The number of esters is 1. The highest BCUT2D eigenvalue weighted by atomic mass is 32.1. The average molecular weight is 512 g/mol. The largest absolute Gasteiger partial charge is 0.491 e. The topological polar surface area (TPSA) is 72.9 Å². The number of nitrogens with one attached hydrogen (secondary N) is 1. The monoisotopic (exact) mass is 511 g/mol. The van der Waals surface area contributed by atoms with E-state index in [0.29, 0.717) is 24.8 Å². The molecule has 7 nitrogen and oxygen atoms in total. The second-order valence-electron chi connectivity index (χ2n) is 9.65. The van der Waals surface area contributed by atoms with Crippen LogP contribution in [-0.2, 0) is 11.3 Å². The summed E-state index contributed by atoms with van der Waals surface area (Å²) in [6.45, 7) is 13.0. The number of benzene rings is 2. The van der Waals surface area contributed by atoms with Crippen molar-refractivity contribution >= 4 is 32.7 Å². The zero-order valence-electron chi connectivity index (χ0n) is 21.9. The van der Waals surface area contributed by atoms with Gasteiger partial charge in [-0.3, -0.25) is 0 Å². The van der Waals surface area contributed by atoms with Crippen LogP contribution in [0, 0.1) is 0 Å². The molecule has 2 aromatic carbocycles. The van der Waals surface area contributed by atoms with E-state index in [2.05, 4.69) is 22.3 Å². The zero-order chi connectivity index (χ0) is 25.7. The minimum atomic E-state index is -0.302. The molecular formula is C28H37N3O4S. The van der Waals surface area contributed by atoms with Crippen molar-refractivity contribution in [3.63, 3.8) is 0 Å². The summed E-state index contributed by atoms with van der Waals surface area (Å²) in [4.78, 5) is 19.6. The molecule has 8 heteroatoms. The van der Waals surface area contributed by atoms with E-state index < -0.39 is 0 Å². The van der Waals surface area contributed by atoms with Crippen molar-refractivity contribution in [2.45, 2.75) is 72.3 Å². The van der Waals surface area contributed by atoms with Crippen LogP contribution in [0.3, 0.4) is 0 Å². The van der Waals surface area contributed by atoms with Gasteiger partial charge < -0.3 is 24.4 Å². The summed E-state index contributed by atoms with van der Waals surface area (Å²) in [5.41, 5.74) is 2.57. The first-order valence-corrected chi connectivity index (χ1v) is 13.7. The van der Waals surface area contributed by atoms with Gasteiger partial charge in [0.2, 0.25) is 0 Å². The minimum absolute atomic E-state index is 0.0746. The molecule has 194 valence electrons. The number of thiazole rings is 1. The molecule has 1 fully saturated rings. The molecule has 1 N–H and O–H groups in total. The molecule has 0 aliphatic carbocycles. The van der Waals surface area contributed by atoms with Crippen LogP contribution in [0.25, 0.3) is 10.2 Å². The third-order valence-corrected chi connectivity index (χ3v) is 6.98. The van der Waals surface area contributed by atoms with Gasteiger partial charge >= 0.3 is 5.97 Å². The van der Waals surface area contributed by atoms with Crippen molar-refractivity contribution in [2.24, 2.45) is 0 Å². The molecule has 36 heavy (non-hydrogen) atoms. The maximum absolute atomic E-state index is 12.3. The summed E-state index contributed by atoms with van der Waals surface area (Å²) >= 11 is 1.62. The number of aromatic nitrogens is 1. The van der Waals surface area contributed by atoms with Crippen molar-refractivity contribution in [2.75, 3.05) is 24.6 Å². The molecule has 0 saturated carbocycles. The van der Waals surface area contributed by atoms with E-state index in [9.17, 15) is 4.79 Å². The number of hydrogen-bond donors (Lipinski definition) is 1. The van der Waals surface area contributed by atoms with Crippen LogP contribution in [0.5, 0.6) is 11.5 Å². The SMILES string of the molecule is CCOC(=O)c1ccc2nc(N(Cc3cc(OC(C)C)cc(OC(C)C)c3)C3CCNCC3)sc2c1. The second kappa shape index (κ2) is 11.9. The third kappa shape index (κ3) is 6.68. The first-order chi connectivity index (χ1) is 17.3.